The van der Waals surface area contributed by atoms with Crippen LogP contribution in [-0.2, 0) is 10.8 Å². The molecular formula is C8H13ClN4O2S. The normalized spacial score (nSPS) is 12.2. The van der Waals surface area contributed by atoms with E-state index in [1.165, 1.54) is 7.11 Å². The van der Waals surface area contributed by atoms with Gasteiger partial charge in [0.15, 0.2) is 0 Å². The molecule has 1 aromatic rings. The maximum Gasteiger partial charge on any atom is 0.322 e. The standard InChI is InChI=1S/C8H13ClN4O2S/c1-3-16(14)5-4-10-7-11-6(9)12-8(13-7)15-2/h3-5H2,1-2H3,(H,10,11,12,13). The van der Waals surface area contributed by atoms with Gasteiger partial charge in [0, 0.05) is 28.9 Å². The zero-order chi connectivity index (χ0) is 12.0. The Kier molecular flexibility index (Phi) is 5.41. The first-order chi connectivity index (χ1) is 7.65. The Labute approximate surface area is 101 Å². The van der Waals surface area contributed by atoms with E-state index in [2.05, 4.69) is 20.3 Å². The average molecular weight is 265 g/mol. The van der Waals surface area contributed by atoms with Gasteiger partial charge in [0.05, 0.1) is 7.11 Å². The molecule has 0 saturated heterocycles. The third-order valence-corrected chi connectivity index (χ3v) is 3.18. The highest BCUT2D eigenvalue weighted by Crippen LogP contribution is 2.10. The summed E-state index contributed by atoms with van der Waals surface area (Å²) >= 11 is 5.66. The first kappa shape index (κ1) is 13.1. The minimum absolute atomic E-state index is 0.0611. The van der Waals surface area contributed by atoms with Crippen LogP contribution in [0.4, 0.5) is 5.95 Å². The summed E-state index contributed by atoms with van der Waals surface area (Å²) in [5.74, 6) is 1.51. The maximum absolute atomic E-state index is 11.2. The maximum atomic E-state index is 11.2. The summed E-state index contributed by atoms with van der Waals surface area (Å²) in [7, 11) is 0.635. The van der Waals surface area contributed by atoms with Crippen molar-refractivity contribution in [3.05, 3.63) is 5.28 Å². The van der Waals surface area contributed by atoms with Gasteiger partial charge >= 0.3 is 6.01 Å². The largest absolute Gasteiger partial charge is 0.467 e. The fraction of sp³-hybridized carbons (Fsp3) is 0.625. The topological polar surface area (TPSA) is 77.0 Å². The molecular weight excluding hydrogens is 252 g/mol. The highest BCUT2D eigenvalue weighted by molar-refractivity contribution is 7.84. The van der Waals surface area contributed by atoms with Crippen molar-refractivity contribution in [2.75, 3.05) is 30.5 Å². The van der Waals surface area contributed by atoms with Crippen molar-refractivity contribution in [3.8, 4) is 6.01 Å². The number of nitrogens with one attached hydrogen (secondary N) is 1. The number of ether oxygens (including phenoxy) is 1. The van der Waals surface area contributed by atoms with Gasteiger partial charge in [-0.15, -0.1) is 0 Å². The SMILES string of the molecule is CCS(=O)CCNc1nc(Cl)nc(OC)n1. The van der Waals surface area contributed by atoms with E-state index in [1.807, 2.05) is 6.92 Å². The summed E-state index contributed by atoms with van der Waals surface area (Å²) in [5, 5.41) is 2.97. The van der Waals surface area contributed by atoms with Crippen molar-refractivity contribution in [1.82, 2.24) is 15.0 Å². The number of methoxy groups -OCH3 is 1. The molecule has 0 aromatic carbocycles. The smallest absolute Gasteiger partial charge is 0.322 e. The Hall–Kier alpha value is -0.950. The molecule has 0 aliphatic carbocycles. The van der Waals surface area contributed by atoms with Crippen molar-refractivity contribution in [2.45, 2.75) is 6.92 Å². The lowest BCUT2D eigenvalue weighted by Crippen LogP contribution is -2.14. The number of rotatable bonds is 6. The Morgan fingerprint density at radius 2 is 2.19 bits per heavy atom. The first-order valence-electron chi connectivity index (χ1n) is 4.70. The molecule has 1 unspecified atom stereocenters. The van der Waals surface area contributed by atoms with Gasteiger partial charge in [0.2, 0.25) is 11.2 Å². The number of hydrogen-bond donors (Lipinski definition) is 1. The van der Waals surface area contributed by atoms with Crippen molar-refractivity contribution >= 4 is 28.3 Å². The Morgan fingerprint density at radius 3 is 2.81 bits per heavy atom. The molecule has 0 radical (unpaired) electrons. The predicted octanol–water partition coefficient (Wildman–Crippen LogP) is 0.714. The quantitative estimate of drug-likeness (QED) is 0.816. The predicted molar refractivity (Wildman–Crippen MR) is 63.4 cm³/mol. The third kappa shape index (κ3) is 4.28. The summed E-state index contributed by atoms with van der Waals surface area (Å²) in [6.45, 7) is 2.39. The highest BCUT2D eigenvalue weighted by atomic mass is 35.5. The Morgan fingerprint density at radius 1 is 1.44 bits per heavy atom. The molecule has 1 rings (SSSR count). The van der Waals surface area contributed by atoms with Crippen LogP contribution in [0.1, 0.15) is 6.92 Å². The molecule has 0 amide bonds. The molecule has 0 aliphatic rings. The summed E-state index contributed by atoms with van der Waals surface area (Å²) in [6, 6.07) is 0.152. The fourth-order valence-electron chi connectivity index (χ4n) is 0.923. The van der Waals surface area contributed by atoms with Crippen LogP contribution in [0.3, 0.4) is 0 Å². The molecule has 8 heteroatoms. The molecule has 0 aliphatic heterocycles. The van der Waals surface area contributed by atoms with Gasteiger partial charge in [-0.05, 0) is 11.6 Å². The molecule has 0 bridgehead atoms. The molecule has 16 heavy (non-hydrogen) atoms. The van der Waals surface area contributed by atoms with E-state index >= 15 is 0 Å². The van der Waals surface area contributed by atoms with E-state index in [4.69, 9.17) is 16.3 Å². The zero-order valence-electron chi connectivity index (χ0n) is 9.07. The van der Waals surface area contributed by atoms with Crippen LogP contribution < -0.4 is 10.1 Å². The third-order valence-electron chi connectivity index (χ3n) is 1.71. The van der Waals surface area contributed by atoms with Crippen LogP contribution in [0.2, 0.25) is 5.28 Å². The van der Waals surface area contributed by atoms with Crippen LogP contribution in [-0.4, -0.2) is 44.3 Å². The van der Waals surface area contributed by atoms with Gasteiger partial charge in [0.1, 0.15) is 0 Å². The monoisotopic (exact) mass is 264 g/mol. The number of aromatic nitrogens is 3. The molecule has 1 heterocycles. The van der Waals surface area contributed by atoms with Crippen molar-refractivity contribution in [2.24, 2.45) is 0 Å². The molecule has 0 spiro atoms. The van der Waals surface area contributed by atoms with Crippen molar-refractivity contribution in [3.63, 3.8) is 0 Å². The van der Waals surface area contributed by atoms with E-state index in [0.717, 1.165) is 0 Å². The van der Waals surface area contributed by atoms with E-state index in [-0.39, 0.29) is 11.3 Å². The van der Waals surface area contributed by atoms with Gasteiger partial charge in [-0.1, -0.05) is 6.92 Å². The number of halogens is 1. The fourth-order valence-corrected chi connectivity index (χ4v) is 1.69. The molecule has 0 saturated carbocycles. The van der Waals surface area contributed by atoms with Gasteiger partial charge in [-0.3, -0.25) is 4.21 Å². The highest BCUT2D eigenvalue weighted by Gasteiger charge is 2.04. The molecule has 1 atom stereocenters. The number of anilines is 1. The molecule has 90 valence electrons. The summed E-state index contributed by atoms with van der Waals surface area (Å²) in [4.78, 5) is 11.5. The minimum Gasteiger partial charge on any atom is -0.467 e. The summed E-state index contributed by atoms with van der Waals surface area (Å²) in [6.07, 6.45) is 0. The summed E-state index contributed by atoms with van der Waals surface area (Å²) in [5.41, 5.74) is 0. The zero-order valence-corrected chi connectivity index (χ0v) is 10.6. The van der Waals surface area contributed by atoms with Crippen LogP contribution >= 0.6 is 11.6 Å². The van der Waals surface area contributed by atoms with E-state index in [1.54, 1.807) is 0 Å². The van der Waals surface area contributed by atoms with Gasteiger partial charge in [0.25, 0.3) is 0 Å². The molecule has 1 N–H and O–H groups in total. The van der Waals surface area contributed by atoms with E-state index in [0.29, 0.717) is 24.0 Å². The lowest BCUT2D eigenvalue weighted by atomic mass is 10.7. The lowest BCUT2D eigenvalue weighted by Gasteiger charge is -2.05. The molecule has 0 fully saturated rings. The van der Waals surface area contributed by atoms with Crippen LogP contribution in [0.25, 0.3) is 0 Å². The summed E-state index contributed by atoms with van der Waals surface area (Å²) < 4.78 is 16.0. The van der Waals surface area contributed by atoms with Gasteiger partial charge in [-0.2, -0.15) is 15.0 Å². The van der Waals surface area contributed by atoms with Crippen LogP contribution in [0, 0.1) is 0 Å². The second-order valence-electron chi connectivity index (χ2n) is 2.77. The second kappa shape index (κ2) is 6.59. The van der Waals surface area contributed by atoms with Crippen molar-refractivity contribution in [1.29, 1.82) is 0 Å². The van der Waals surface area contributed by atoms with E-state index in [9.17, 15) is 4.21 Å². The van der Waals surface area contributed by atoms with E-state index < -0.39 is 10.8 Å². The number of nitrogens with zero attached hydrogens (tertiary/aromatic N) is 3. The minimum atomic E-state index is -0.811. The average Bonchev–Trinajstić information content (AvgIpc) is 2.28. The Balaban J connectivity index is 2.53. The van der Waals surface area contributed by atoms with Gasteiger partial charge in [-0.25, -0.2) is 0 Å². The Bertz CT molecular complexity index is 377. The second-order valence-corrected chi connectivity index (χ2v) is 4.98. The molecule has 1 aromatic heterocycles. The van der Waals surface area contributed by atoms with Gasteiger partial charge < -0.3 is 10.1 Å². The molecule has 6 nitrogen and oxygen atoms in total. The van der Waals surface area contributed by atoms with Crippen LogP contribution in [0.5, 0.6) is 6.01 Å². The lowest BCUT2D eigenvalue weighted by molar-refractivity contribution is 0.379. The van der Waals surface area contributed by atoms with Crippen molar-refractivity contribution < 1.29 is 8.95 Å². The van der Waals surface area contributed by atoms with Crippen LogP contribution in [0.15, 0.2) is 0 Å². The first-order valence-corrected chi connectivity index (χ1v) is 6.56. The number of hydrogen-bond acceptors (Lipinski definition) is 6.